The number of para-hydroxylation sites is 4. The molecule has 16 nitrogen and oxygen atoms in total. The Kier molecular flexibility index (Phi) is 27.9. The third-order valence-electron chi connectivity index (χ3n) is 12.1. The van der Waals surface area contributed by atoms with E-state index in [9.17, 15) is 28.8 Å². The SMILES string of the molecule is CC1Cc2ccccc2N(C(=O)NC(=O)CCl)c2ccccc21.CC1Cc2ccccc2N(C(=O)NC(=O)COC(=O)CCCC[C@H]2CCSS2)c2ccccc21.O=C(O)CCCC[C@@H]1CCSS1.O=C=O.O=C=O. The molecule has 4 atom stereocenters. The highest BCUT2D eigenvalue weighted by atomic mass is 35.5. The fourth-order valence-corrected chi connectivity index (χ4v) is 14.8. The topological polar surface area (TPSA) is 231 Å². The quantitative estimate of drug-likeness (QED) is 0.0489. The standard InChI is InChI=1S/C26H30N2O4S2.C18H17ClN2O2.C8H14O2S2.2CO2/c1-18-16-19-8-2-5-11-22(19)28(23-12-6-4-10-21(18)23)26(31)27-24(29)17-32-25(30)13-7-3-9-20-14-15-33-34-20;1-12-10-13-6-2-4-8-15(13)21(18(23)20-17(22)11-19)16-9-5-3-7-14(12)16;9-8(10)4-2-1-3-7-5-6-11-12-7;2*2-1-3/h2,4-6,8,10-12,18,20H,3,7,9,13-17H2,1H3,(H,27,29,31);2-9,12H,10-11H2,1H3,(H,20,22,23);7H,1-6H2,(H,9,10);;/t18?,20-;;7-;;/m0.1../s1. The van der Waals surface area contributed by atoms with Crippen molar-refractivity contribution >= 4 is 126 Å². The summed E-state index contributed by atoms with van der Waals surface area (Å²) >= 11 is 5.51. The summed E-state index contributed by atoms with van der Waals surface area (Å²) in [6.07, 6.45) is 11.2. The van der Waals surface area contributed by atoms with Crippen LogP contribution in [0.1, 0.15) is 112 Å². The zero-order valence-corrected chi connectivity index (χ0v) is 45.7. The first-order valence-corrected chi connectivity index (χ1v) is 29.7. The molecule has 2 unspecified atom stereocenters. The second-order valence-electron chi connectivity index (χ2n) is 17.5. The Morgan fingerprint density at radius 3 is 1.41 bits per heavy atom. The molecular formula is C54H61ClN4O12S4. The molecular weight excluding hydrogens is 1060 g/mol. The van der Waals surface area contributed by atoms with E-state index in [0.717, 1.165) is 95.2 Å². The van der Waals surface area contributed by atoms with Crippen LogP contribution in [0.5, 0.6) is 0 Å². The summed E-state index contributed by atoms with van der Waals surface area (Å²) in [4.78, 5) is 108. The van der Waals surface area contributed by atoms with Gasteiger partial charge in [-0.05, 0) is 110 Å². The number of amides is 6. The van der Waals surface area contributed by atoms with Crippen molar-refractivity contribution in [1.82, 2.24) is 10.6 Å². The minimum absolute atomic E-state index is 0.220. The molecule has 0 spiro atoms. The van der Waals surface area contributed by atoms with Gasteiger partial charge in [0.25, 0.3) is 5.91 Å². The lowest BCUT2D eigenvalue weighted by Crippen LogP contribution is -2.42. The fourth-order valence-electron chi connectivity index (χ4n) is 8.65. The summed E-state index contributed by atoms with van der Waals surface area (Å²) in [6.45, 7) is 3.81. The van der Waals surface area contributed by atoms with Crippen LogP contribution in [-0.4, -0.2) is 87.7 Å². The number of aliphatic carboxylic acids is 1. The van der Waals surface area contributed by atoms with E-state index < -0.39 is 42.4 Å². The number of esters is 1. The molecule has 0 aliphatic carbocycles. The van der Waals surface area contributed by atoms with E-state index >= 15 is 0 Å². The maximum atomic E-state index is 13.2. The highest BCUT2D eigenvalue weighted by Gasteiger charge is 2.31. The Morgan fingerprint density at radius 1 is 0.600 bits per heavy atom. The van der Waals surface area contributed by atoms with Gasteiger partial charge in [0.2, 0.25) is 5.91 Å². The molecule has 4 aromatic carbocycles. The van der Waals surface area contributed by atoms with Crippen LogP contribution in [0.4, 0.5) is 32.3 Å². The molecule has 4 aromatic rings. The van der Waals surface area contributed by atoms with Gasteiger partial charge in [0.15, 0.2) is 6.61 Å². The normalized spacial score (nSPS) is 17.4. The van der Waals surface area contributed by atoms with E-state index in [-0.39, 0.29) is 36.4 Å². The average molecular weight is 1120 g/mol. The predicted octanol–water partition coefficient (Wildman–Crippen LogP) is 11.6. The number of nitrogens with zero attached hydrogens (tertiary/aromatic N) is 2. The zero-order chi connectivity index (χ0) is 54.5. The number of hydrogen-bond acceptors (Lipinski definition) is 15. The molecule has 0 radical (unpaired) electrons. The number of halogens is 1. The number of carboxylic acids is 1. The maximum absolute atomic E-state index is 13.2. The molecule has 75 heavy (non-hydrogen) atoms. The average Bonchev–Trinajstić information content (AvgIpc) is 4.09. The minimum Gasteiger partial charge on any atom is -0.481 e. The van der Waals surface area contributed by atoms with Crippen LogP contribution in [-0.2, 0) is 55.9 Å². The van der Waals surface area contributed by atoms with Crippen LogP contribution in [0.15, 0.2) is 97.1 Å². The minimum atomic E-state index is -0.663. The van der Waals surface area contributed by atoms with E-state index in [1.54, 1.807) is 9.80 Å². The number of fused-ring (bicyclic) bond motifs is 4. The van der Waals surface area contributed by atoms with Crippen molar-refractivity contribution in [3.8, 4) is 0 Å². The molecule has 2 saturated heterocycles. The van der Waals surface area contributed by atoms with E-state index in [0.29, 0.717) is 11.7 Å². The van der Waals surface area contributed by atoms with Crippen molar-refractivity contribution in [2.24, 2.45) is 0 Å². The largest absolute Gasteiger partial charge is 0.481 e. The van der Waals surface area contributed by atoms with Gasteiger partial charge in [-0.1, -0.05) is 143 Å². The van der Waals surface area contributed by atoms with E-state index in [1.807, 2.05) is 140 Å². The summed E-state index contributed by atoms with van der Waals surface area (Å²) < 4.78 is 5.11. The smallest absolute Gasteiger partial charge is 0.373 e. The lowest BCUT2D eigenvalue weighted by Gasteiger charge is -2.25. The van der Waals surface area contributed by atoms with E-state index in [1.165, 1.54) is 30.8 Å². The van der Waals surface area contributed by atoms with Gasteiger partial charge in [-0.25, -0.2) is 9.59 Å². The lowest BCUT2D eigenvalue weighted by molar-refractivity contribution is -0.193. The van der Waals surface area contributed by atoms with Crippen LogP contribution in [0.2, 0.25) is 0 Å². The Hall–Kier alpha value is -5.85. The number of ether oxygens (including phenoxy) is 1. The highest BCUT2D eigenvalue weighted by molar-refractivity contribution is 8.77. The van der Waals surface area contributed by atoms with Crippen molar-refractivity contribution in [3.05, 3.63) is 119 Å². The first-order chi connectivity index (χ1) is 36.3. The summed E-state index contributed by atoms with van der Waals surface area (Å²) in [5.74, 6) is 0.506. The number of anilines is 4. The highest BCUT2D eigenvalue weighted by Crippen LogP contribution is 2.43. The van der Waals surface area contributed by atoms with Gasteiger partial charge in [0.1, 0.15) is 5.88 Å². The number of carbonyl (C=O) groups is 6. The third-order valence-corrected chi connectivity index (χ3v) is 18.4. The number of carbonyl (C=O) groups excluding carboxylic acids is 9. The third kappa shape index (κ3) is 20.3. The second-order valence-corrected chi connectivity index (χ2v) is 23.3. The predicted molar refractivity (Wildman–Crippen MR) is 295 cm³/mol. The van der Waals surface area contributed by atoms with Gasteiger partial charge in [0.05, 0.1) is 22.7 Å². The summed E-state index contributed by atoms with van der Waals surface area (Å²) in [5.41, 5.74) is 7.33. The van der Waals surface area contributed by atoms with Crippen molar-refractivity contribution < 1.29 is 57.8 Å². The molecule has 6 amide bonds. The van der Waals surface area contributed by atoms with Crippen LogP contribution in [0.3, 0.4) is 0 Å². The van der Waals surface area contributed by atoms with E-state index in [4.69, 9.17) is 40.6 Å². The molecule has 400 valence electrons. The van der Waals surface area contributed by atoms with Gasteiger partial charge in [-0.3, -0.25) is 39.6 Å². The van der Waals surface area contributed by atoms with Gasteiger partial charge in [-0.15, -0.1) is 11.6 Å². The van der Waals surface area contributed by atoms with Crippen LogP contribution < -0.4 is 20.4 Å². The molecule has 4 aliphatic rings. The molecule has 4 heterocycles. The molecule has 3 N–H and O–H groups in total. The van der Waals surface area contributed by atoms with Crippen LogP contribution in [0.25, 0.3) is 0 Å². The van der Waals surface area contributed by atoms with Crippen LogP contribution >= 0.6 is 54.8 Å². The summed E-state index contributed by atoms with van der Waals surface area (Å²) in [6, 6.07) is 30.0. The van der Waals surface area contributed by atoms with Crippen molar-refractivity contribution in [3.63, 3.8) is 0 Å². The number of rotatable bonds is 13. The van der Waals surface area contributed by atoms with Crippen molar-refractivity contribution in [2.75, 3.05) is 33.8 Å². The molecule has 4 aliphatic heterocycles. The molecule has 2 fully saturated rings. The van der Waals surface area contributed by atoms with Crippen molar-refractivity contribution in [2.45, 2.75) is 113 Å². The van der Waals surface area contributed by atoms with E-state index in [2.05, 4.69) is 24.5 Å². The number of hydrogen-bond donors (Lipinski definition) is 3. The number of carboxylic acid groups (broad SMARTS) is 1. The number of imide groups is 2. The summed E-state index contributed by atoms with van der Waals surface area (Å²) in [5, 5.41) is 14.6. The second kappa shape index (κ2) is 33.9. The van der Waals surface area contributed by atoms with Crippen LogP contribution in [0, 0.1) is 0 Å². The zero-order valence-electron chi connectivity index (χ0n) is 41.7. The monoisotopic (exact) mass is 1120 g/mol. The molecule has 21 heteroatoms. The number of nitrogens with one attached hydrogen (secondary N) is 2. The Morgan fingerprint density at radius 2 is 1.00 bits per heavy atom. The van der Waals surface area contributed by atoms with Gasteiger partial charge in [-0.2, -0.15) is 19.2 Å². The summed E-state index contributed by atoms with van der Waals surface area (Å²) in [7, 11) is 7.77. The number of benzene rings is 4. The Bertz CT molecular complexity index is 2590. The van der Waals surface area contributed by atoms with Gasteiger partial charge >= 0.3 is 36.3 Å². The molecule has 0 aromatic heterocycles. The fraction of sp³-hybridized carbons (Fsp3) is 0.407. The molecule has 8 rings (SSSR count). The Balaban J connectivity index is 0.000000254. The first kappa shape index (κ1) is 61.7. The maximum Gasteiger partial charge on any atom is 0.373 e. The van der Waals surface area contributed by atoms with Crippen molar-refractivity contribution in [1.29, 1.82) is 0 Å². The number of alkyl halides is 1. The van der Waals surface area contributed by atoms with Gasteiger partial charge < -0.3 is 9.84 Å². The molecule has 0 bridgehead atoms. The molecule has 0 saturated carbocycles. The Labute approximate surface area is 457 Å². The first-order valence-electron chi connectivity index (χ1n) is 24.4. The lowest BCUT2D eigenvalue weighted by atomic mass is 9.94. The number of urea groups is 2. The number of unbranched alkanes of at least 4 members (excludes halogenated alkanes) is 2. The van der Waals surface area contributed by atoms with Gasteiger partial charge in [0, 0.05) is 34.8 Å².